The minimum absolute atomic E-state index is 0.0777. The second kappa shape index (κ2) is 13.1. The lowest BCUT2D eigenvalue weighted by Crippen LogP contribution is -2.25. The SMILES string of the molecule is COc1cc2c(cc1OC)C(Cc1ccc(NC(=O)Nc3ccc(OC(F)(F)F)cc3)cc1)CN=C2Nc1ccc(F)cc1F. The van der Waals surface area contributed by atoms with Crippen LogP contribution in [0.25, 0.3) is 0 Å². The maximum Gasteiger partial charge on any atom is 0.573 e. The third kappa shape index (κ3) is 7.80. The summed E-state index contributed by atoms with van der Waals surface area (Å²) in [6.07, 6.45) is -4.23. The topological polar surface area (TPSA) is 93.2 Å². The van der Waals surface area contributed by atoms with Crippen LogP contribution in [-0.2, 0) is 6.42 Å². The van der Waals surface area contributed by atoms with E-state index in [1.807, 2.05) is 18.2 Å². The highest BCUT2D eigenvalue weighted by molar-refractivity contribution is 6.10. The molecule has 3 N–H and O–H groups in total. The Kier molecular flexibility index (Phi) is 9.07. The maximum atomic E-state index is 14.4. The molecule has 0 bridgehead atoms. The van der Waals surface area contributed by atoms with Crippen molar-refractivity contribution in [2.24, 2.45) is 4.99 Å². The first-order valence-corrected chi connectivity index (χ1v) is 13.6. The van der Waals surface area contributed by atoms with Gasteiger partial charge in [0.05, 0.1) is 19.9 Å². The summed E-state index contributed by atoms with van der Waals surface area (Å²) in [5.41, 5.74) is 3.37. The van der Waals surface area contributed by atoms with Gasteiger partial charge in [0.15, 0.2) is 11.5 Å². The molecule has 1 heterocycles. The fourth-order valence-electron chi connectivity index (χ4n) is 4.86. The number of benzene rings is 4. The number of aliphatic imine (C=N–C) groups is 1. The smallest absolute Gasteiger partial charge is 0.493 e. The van der Waals surface area contributed by atoms with Gasteiger partial charge in [-0.25, -0.2) is 13.6 Å². The predicted molar refractivity (Wildman–Crippen MR) is 160 cm³/mol. The van der Waals surface area contributed by atoms with Crippen molar-refractivity contribution >= 4 is 28.9 Å². The molecule has 8 nitrogen and oxygen atoms in total. The van der Waals surface area contributed by atoms with Crippen LogP contribution in [0, 0.1) is 11.6 Å². The van der Waals surface area contributed by atoms with Gasteiger partial charge in [-0.3, -0.25) is 4.99 Å². The van der Waals surface area contributed by atoms with Crippen LogP contribution >= 0.6 is 0 Å². The van der Waals surface area contributed by atoms with Gasteiger partial charge in [-0.15, -0.1) is 13.2 Å². The number of amides is 2. The predicted octanol–water partition coefficient (Wildman–Crippen LogP) is 7.72. The summed E-state index contributed by atoms with van der Waals surface area (Å²) in [6.45, 7) is 0.364. The summed E-state index contributed by atoms with van der Waals surface area (Å²) in [4.78, 5) is 17.1. The third-order valence-corrected chi connectivity index (χ3v) is 6.94. The van der Waals surface area contributed by atoms with Gasteiger partial charge in [0.25, 0.3) is 0 Å². The number of nitrogens with one attached hydrogen (secondary N) is 3. The summed E-state index contributed by atoms with van der Waals surface area (Å²) in [5, 5.41) is 8.20. The number of halogens is 5. The van der Waals surface area contributed by atoms with Crippen molar-refractivity contribution < 1.29 is 41.0 Å². The van der Waals surface area contributed by atoms with Crippen LogP contribution in [0.15, 0.2) is 83.9 Å². The largest absolute Gasteiger partial charge is 0.573 e. The van der Waals surface area contributed by atoms with E-state index < -0.39 is 29.8 Å². The Morgan fingerprint density at radius 3 is 2.09 bits per heavy atom. The van der Waals surface area contributed by atoms with Crippen LogP contribution < -0.4 is 30.2 Å². The van der Waals surface area contributed by atoms with Crippen LogP contribution in [0.2, 0.25) is 0 Å². The van der Waals surface area contributed by atoms with Crippen LogP contribution in [-0.4, -0.2) is 39.0 Å². The number of hydrogen-bond donors (Lipinski definition) is 3. The van der Waals surface area contributed by atoms with Crippen molar-refractivity contribution in [2.75, 3.05) is 36.7 Å². The monoisotopic (exact) mass is 626 g/mol. The zero-order valence-electron chi connectivity index (χ0n) is 24.0. The standard InChI is InChI=1S/C32H27F5N4O4/c1-43-28-15-24-19(17-38-30(25(24)16-29(28)44-2)41-27-12-5-20(33)14-26(27)34)13-18-3-6-21(7-4-18)39-31(42)40-22-8-10-23(11-9-22)45-32(35,36)37/h3-12,14-16,19H,13,17H2,1-2H3,(H,38,41)(H2,39,40,42). The Balaban J connectivity index is 1.27. The molecule has 1 aliphatic rings. The molecular weight excluding hydrogens is 599 g/mol. The molecule has 0 radical (unpaired) electrons. The van der Waals surface area contributed by atoms with Crippen LogP contribution in [0.3, 0.4) is 0 Å². The zero-order chi connectivity index (χ0) is 32.1. The van der Waals surface area contributed by atoms with Crippen molar-refractivity contribution in [1.82, 2.24) is 0 Å². The number of carbonyl (C=O) groups is 1. The van der Waals surface area contributed by atoms with Crippen molar-refractivity contribution in [1.29, 1.82) is 0 Å². The van der Waals surface area contributed by atoms with Gasteiger partial charge in [0.2, 0.25) is 0 Å². The Morgan fingerprint density at radius 1 is 0.867 bits per heavy atom. The van der Waals surface area contributed by atoms with Gasteiger partial charge in [0.1, 0.15) is 23.2 Å². The van der Waals surface area contributed by atoms with E-state index in [2.05, 4.69) is 25.7 Å². The summed E-state index contributed by atoms with van der Waals surface area (Å²) < 4.78 is 79.8. The quantitative estimate of drug-likeness (QED) is 0.174. The fraction of sp³-hybridized carbons (Fsp3) is 0.188. The minimum atomic E-state index is -4.81. The van der Waals surface area contributed by atoms with E-state index in [1.54, 1.807) is 18.2 Å². The van der Waals surface area contributed by atoms with Gasteiger partial charge >= 0.3 is 12.4 Å². The van der Waals surface area contributed by atoms with Crippen molar-refractivity contribution in [3.05, 3.63) is 107 Å². The van der Waals surface area contributed by atoms with Crippen molar-refractivity contribution in [3.63, 3.8) is 0 Å². The minimum Gasteiger partial charge on any atom is -0.493 e. The van der Waals surface area contributed by atoms with E-state index >= 15 is 0 Å². The Labute approximate surface area is 254 Å². The van der Waals surface area contributed by atoms with Gasteiger partial charge in [-0.05, 0) is 78.2 Å². The first-order valence-electron chi connectivity index (χ1n) is 13.6. The summed E-state index contributed by atoms with van der Waals surface area (Å²) in [7, 11) is 3.04. The van der Waals surface area contributed by atoms with E-state index in [4.69, 9.17) is 9.47 Å². The molecule has 0 fully saturated rings. The first kappa shape index (κ1) is 31.1. The molecule has 0 aliphatic carbocycles. The molecule has 4 aromatic rings. The summed E-state index contributed by atoms with van der Waals surface area (Å²) >= 11 is 0. The molecule has 1 aliphatic heterocycles. The lowest BCUT2D eigenvalue weighted by Gasteiger charge is -2.27. The molecule has 0 saturated heterocycles. The number of alkyl halides is 3. The zero-order valence-corrected chi connectivity index (χ0v) is 24.0. The van der Waals surface area contributed by atoms with E-state index in [0.717, 1.165) is 35.4 Å². The lowest BCUT2D eigenvalue weighted by atomic mass is 9.86. The summed E-state index contributed by atoms with van der Waals surface area (Å²) in [6, 6.07) is 18.2. The van der Waals surface area contributed by atoms with Crippen LogP contribution in [0.4, 0.5) is 43.8 Å². The number of urea groups is 1. The number of hydrogen-bond acceptors (Lipinski definition) is 6. The molecule has 2 amide bonds. The number of amidine groups is 1. The number of methoxy groups -OCH3 is 2. The molecule has 4 aromatic carbocycles. The highest BCUT2D eigenvalue weighted by atomic mass is 19.4. The Hall–Kier alpha value is -5.33. The average Bonchev–Trinajstić information content (AvgIpc) is 3.00. The molecule has 13 heteroatoms. The van der Waals surface area contributed by atoms with E-state index in [1.165, 1.54) is 32.4 Å². The Bertz CT molecular complexity index is 1710. The lowest BCUT2D eigenvalue weighted by molar-refractivity contribution is -0.274. The number of fused-ring (bicyclic) bond motifs is 1. The van der Waals surface area contributed by atoms with Gasteiger partial charge < -0.3 is 30.2 Å². The van der Waals surface area contributed by atoms with E-state index in [0.29, 0.717) is 41.6 Å². The number of ether oxygens (including phenoxy) is 3. The molecule has 1 unspecified atom stereocenters. The van der Waals surface area contributed by atoms with Crippen LogP contribution in [0.5, 0.6) is 17.2 Å². The summed E-state index contributed by atoms with van der Waals surface area (Å²) in [5.74, 6) is -0.547. The maximum absolute atomic E-state index is 14.4. The van der Waals surface area contributed by atoms with Gasteiger partial charge in [0, 0.05) is 35.5 Å². The number of nitrogens with zero attached hydrogens (tertiary/aromatic N) is 1. The molecule has 0 saturated carbocycles. The number of rotatable bonds is 8. The molecule has 0 aromatic heterocycles. The van der Waals surface area contributed by atoms with Gasteiger partial charge in [-0.2, -0.15) is 0 Å². The average molecular weight is 627 g/mol. The highest BCUT2D eigenvalue weighted by Crippen LogP contribution is 2.38. The van der Waals surface area contributed by atoms with Crippen molar-refractivity contribution in [2.45, 2.75) is 18.7 Å². The molecular formula is C32H27F5N4O4. The fourth-order valence-corrected chi connectivity index (χ4v) is 4.86. The highest BCUT2D eigenvalue weighted by Gasteiger charge is 2.31. The Morgan fingerprint density at radius 2 is 1.49 bits per heavy atom. The molecule has 0 spiro atoms. The van der Waals surface area contributed by atoms with Crippen molar-refractivity contribution in [3.8, 4) is 17.2 Å². The van der Waals surface area contributed by atoms with E-state index in [9.17, 15) is 26.7 Å². The van der Waals surface area contributed by atoms with Crippen LogP contribution in [0.1, 0.15) is 22.6 Å². The molecule has 45 heavy (non-hydrogen) atoms. The van der Waals surface area contributed by atoms with Gasteiger partial charge in [-0.1, -0.05) is 12.1 Å². The molecule has 1 atom stereocenters. The number of carbonyl (C=O) groups excluding carboxylic acids is 1. The molecule has 234 valence electrons. The normalized spacial score (nSPS) is 14.1. The van der Waals surface area contributed by atoms with E-state index in [-0.39, 0.29) is 17.3 Å². The number of anilines is 3. The first-order chi connectivity index (χ1) is 21.5. The second-order valence-corrected chi connectivity index (χ2v) is 9.98. The molecule has 5 rings (SSSR count). The second-order valence-electron chi connectivity index (χ2n) is 9.98. The third-order valence-electron chi connectivity index (χ3n) is 6.94.